The number of aromatic nitrogens is 1. The minimum absolute atomic E-state index is 0.0153. The van der Waals surface area contributed by atoms with Crippen LogP contribution in [0.4, 0.5) is 0 Å². The Balaban J connectivity index is 1.66. The summed E-state index contributed by atoms with van der Waals surface area (Å²) in [6, 6.07) is 5.86. The predicted octanol–water partition coefficient (Wildman–Crippen LogP) is 2.56. The molecule has 0 aliphatic carbocycles. The van der Waals surface area contributed by atoms with E-state index in [1.54, 1.807) is 25.6 Å². The smallest absolute Gasteiger partial charge is 0.255 e. The van der Waals surface area contributed by atoms with Gasteiger partial charge in [-0.25, -0.2) is 0 Å². The number of aryl methyl sites for hydroxylation is 2. The second-order valence-corrected chi connectivity index (χ2v) is 7.08. The van der Waals surface area contributed by atoms with Crippen molar-refractivity contribution >= 4 is 11.8 Å². The van der Waals surface area contributed by atoms with E-state index in [0.717, 1.165) is 28.9 Å². The van der Waals surface area contributed by atoms with Gasteiger partial charge < -0.3 is 19.5 Å². The molecule has 1 aromatic heterocycles. The van der Waals surface area contributed by atoms with Crippen LogP contribution >= 0.6 is 0 Å². The number of ether oxygens (including phenoxy) is 1. The Morgan fingerprint density at radius 2 is 1.85 bits per heavy atom. The van der Waals surface area contributed by atoms with Crippen molar-refractivity contribution in [2.45, 2.75) is 26.7 Å². The molecule has 2 heterocycles. The third kappa shape index (κ3) is 4.32. The molecule has 0 atom stereocenters. The van der Waals surface area contributed by atoms with Crippen molar-refractivity contribution < 1.29 is 14.3 Å². The van der Waals surface area contributed by atoms with Crippen LogP contribution in [0.3, 0.4) is 0 Å². The summed E-state index contributed by atoms with van der Waals surface area (Å²) in [5, 5.41) is 0. The van der Waals surface area contributed by atoms with Crippen LogP contribution in [0, 0.1) is 13.8 Å². The first kappa shape index (κ1) is 19.0. The van der Waals surface area contributed by atoms with E-state index in [4.69, 9.17) is 4.74 Å². The van der Waals surface area contributed by atoms with Crippen molar-refractivity contribution in [3.63, 3.8) is 0 Å². The van der Waals surface area contributed by atoms with Crippen molar-refractivity contribution in [3.05, 3.63) is 52.8 Å². The van der Waals surface area contributed by atoms with E-state index in [9.17, 15) is 9.59 Å². The zero-order valence-electron chi connectivity index (χ0n) is 16.2. The van der Waals surface area contributed by atoms with E-state index in [2.05, 4.69) is 11.1 Å². The van der Waals surface area contributed by atoms with Crippen LogP contribution in [-0.4, -0.2) is 59.9 Å². The van der Waals surface area contributed by atoms with Gasteiger partial charge in [0, 0.05) is 44.1 Å². The van der Waals surface area contributed by atoms with Gasteiger partial charge in [-0.15, -0.1) is 0 Å². The fourth-order valence-electron chi connectivity index (χ4n) is 3.75. The summed E-state index contributed by atoms with van der Waals surface area (Å²) in [5.74, 6) is 0.879. The highest BCUT2D eigenvalue weighted by atomic mass is 16.5. The number of carbonyl (C=O) groups is 2. The number of methoxy groups -OCH3 is 1. The number of benzene rings is 1. The van der Waals surface area contributed by atoms with Gasteiger partial charge in [-0.05, 0) is 31.9 Å². The van der Waals surface area contributed by atoms with Gasteiger partial charge in [-0.1, -0.05) is 17.7 Å². The quantitative estimate of drug-likeness (QED) is 0.901. The van der Waals surface area contributed by atoms with Crippen LogP contribution in [0.5, 0.6) is 5.75 Å². The van der Waals surface area contributed by atoms with Gasteiger partial charge in [-0.3, -0.25) is 9.59 Å². The lowest BCUT2D eigenvalue weighted by molar-refractivity contribution is -0.130. The summed E-state index contributed by atoms with van der Waals surface area (Å²) < 4.78 is 5.51. The summed E-state index contributed by atoms with van der Waals surface area (Å²) in [4.78, 5) is 32.0. The maximum atomic E-state index is 12.9. The van der Waals surface area contributed by atoms with E-state index in [-0.39, 0.29) is 11.8 Å². The fraction of sp³-hybridized carbons (Fsp3) is 0.429. The second-order valence-electron chi connectivity index (χ2n) is 7.08. The topological polar surface area (TPSA) is 65.6 Å². The Morgan fingerprint density at radius 1 is 1.11 bits per heavy atom. The molecular weight excluding hydrogens is 342 g/mol. The van der Waals surface area contributed by atoms with Crippen LogP contribution in [-0.2, 0) is 11.2 Å². The van der Waals surface area contributed by atoms with Crippen LogP contribution in [0.15, 0.2) is 30.6 Å². The molecule has 1 N–H and O–H groups in total. The molecular formula is C21H27N3O3. The van der Waals surface area contributed by atoms with Gasteiger partial charge in [0.15, 0.2) is 0 Å². The van der Waals surface area contributed by atoms with Crippen LogP contribution < -0.4 is 4.74 Å². The van der Waals surface area contributed by atoms with Gasteiger partial charge >= 0.3 is 0 Å². The molecule has 3 rings (SSSR count). The van der Waals surface area contributed by atoms with Gasteiger partial charge in [0.05, 0.1) is 19.1 Å². The zero-order chi connectivity index (χ0) is 19.4. The molecule has 0 bridgehead atoms. The van der Waals surface area contributed by atoms with Crippen LogP contribution in [0.2, 0.25) is 0 Å². The number of nitrogens with zero attached hydrogens (tertiary/aromatic N) is 2. The van der Waals surface area contributed by atoms with E-state index >= 15 is 0 Å². The Morgan fingerprint density at radius 3 is 2.56 bits per heavy atom. The highest BCUT2D eigenvalue weighted by Crippen LogP contribution is 2.26. The molecule has 1 aliphatic heterocycles. The standard InChI is InChI=1S/C21H27N3O3/c1-15-11-16(2)20(27-3)18(12-15)13-19(25)23-7-4-8-24(10-9-23)21(26)17-5-6-22-14-17/h5-6,11-12,14,22H,4,7-10,13H2,1-3H3. The number of nitrogens with one attached hydrogen (secondary N) is 1. The molecule has 0 spiro atoms. The monoisotopic (exact) mass is 369 g/mol. The van der Waals surface area contributed by atoms with E-state index in [1.807, 2.05) is 29.7 Å². The van der Waals surface area contributed by atoms with Gasteiger partial charge in [0.25, 0.3) is 5.91 Å². The summed E-state index contributed by atoms with van der Waals surface area (Å²) in [7, 11) is 1.64. The molecule has 144 valence electrons. The summed E-state index contributed by atoms with van der Waals surface area (Å²) >= 11 is 0. The molecule has 1 fully saturated rings. The summed E-state index contributed by atoms with van der Waals surface area (Å²) in [6.45, 7) is 6.47. The lowest BCUT2D eigenvalue weighted by Crippen LogP contribution is -2.38. The number of carbonyl (C=O) groups excluding carboxylic acids is 2. The van der Waals surface area contributed by atoms with Crippen molar-refractivity contribution in [3.8, 4) is 5.75 Å². The molecule has 2 amide bonds. The Labute approximate surface area is 160 Å². The number of H-pyrrole nitrogens is 1. The SMILES string of the molecule is COc1c(C)cc(C)cc1CC(=O)N1CCCN(C(=O)c2cc[nH]c2)CC1. The van der Waals surface area contributed by atoms with Gasteiger partial charge in [-0.2, -0.15) is 0 Å². The highest BCUT2D eigenvalue weighted by molar-refractivity contribution is 5.94. The largest absolute Gasteiger partial charge is 0.496 e. The maximum Gasteiger partial charge on any atom is 0.255 e. The number of rotatable bonds is 4. The molecule has 6 heteroatoms. The normalized spacial score (nSPS) is 14.8. The minimum Gasteiger partial charge on any atom is -0.496 e. The van der Waals surface area contributed by atoms with Crippen molar-refractivity contribution in [2.24, 2.45) is 0 Å². The molecule has 1 saturated heterocycles. The molecule has 0 radical (unpaired) electrons. The predicted molar refractivity (Wildman–Crippen MR) is 104 cm³/mol. The molecule has 0 saturated carbocycles. The average Bonchev–Trinajstić information content (AvgIpc) is 3.05. The Hall–Kier alpha value is -2.76. The molecule has 6 nitrogen and oxygen atoms in total. The Kier molecular flexibility index (Phi) is 5.84. The molecule has 1 aromatic carbocycles. The number of hydrogen-bond donors (Lipinski definition) is 1. The molecule has 2 aromatic rings. The third-order valence-corrected chi connectivity index (χ3v) is 5.02. The van der Waals surface area contributed by atoms with Gasteiger partial charge in [0.1, 0.15) is 5.75 Å². The lowest BCUT2D eigenvalue weighted by atomic mass is 10.0. The highest BCUT2D eigenvalue weighted by Gasteiger charge is 2.24. The first-order valence-corrected chi connectivity index (χ1v) is 9.33. The number of hydrogen-bond acceptors (Lipinski definition) is 3. The fourth-order valence-corrected chi connectivity index (χ4v) is 3.75. The van der Waals surface area contributed by atoms with Crippen LogP contribution in [0.25, 0.3) is 0 Å². The average molecular weight is 369 g/mol. The second kappa shape index (κ2) is 8.29. The van der Waals surface area contributed by atoms with E-state index < -0.39 is 0 Å². The summed E-state index contributed by atoms with van der Waals surface area (Å²) in [6.07, 6.45) is 4.56. The summed E-state index contributed by atoms with van der Waals surface area (Å²) in [5.41, 5.74) is 3.74. The first-order valence-electron chi connectivity index (χ1n) is 9.33. The molecule has 0 unspecified atom stereocenters. The number of amides is 2. The maximum absolute atomic E-state index is 12.9. The Bertz CT molecular complexity index is 814. The minimum atomic E-state index is 0.0153. The van der Waals surface area contributed by atoms with Crippen molar-refractivity contribution in [2.75, 3.05) is 33.3 Å². The van der Waals surface area contributed by atoms with Crippen molar-refractivity contribution in [1.29, 1.82) is 0 Å². The van der Waals surface area contributed by atoms with Crippen LogP contribution in [0.1, 0.15) is 33.5 Å². The third-order valence-electron chi connectivity index (χ3n) is 5.02. The zero-order valence-corrected chi connectivity index (χ0v) is 16.2. The molecule has 27 heavy (non-hydrogen) atoms. The number of aromatic amines is 1. The van der Waals surface area contributed by atoms with Gasteiger partial charge in [0.2, 0.25) is 5.91 Å². The van der Waals surface area contributed by atoms with E-state index in [1.165, 1.54) is 0 Å². The first-order chi connectivity index (χ1) is 13.0. The van der Waals surface area contributed by atoms with E-state index in [0.29, 0.717) is 38.2 Å². The lowest BCUT2D eigenvalue weighted by Gasteiger charge is -2.22. The molecule has 1 aliphatic rings. The van der Waals surface area contributed by atoms with Crippen molar-refractivity contribution in [1.82, 2.24) is 14.8 Å².